The van der Waals surface area contributed by atoms with E-state index < -0.39 is 0 Å². The number of H-pyrrole nitrogens is 1. The lowest BCUT2D eigenvalue weighted by Crippen LogP contribution is -2.27. The summed E-state index contributed by atoms with van der Waals surface area (Å²) < 4.78 is 0. The van der Waals surface area contributed by atoms with Crippen molar-refractivity contribution in [2.45, 2.75) is 32.7 Å². The first-order valence-electron chi connectivity index (χ1n) is 6.18. The van der Waals surface area contributed by atoms with Crippen molar-refractivity contribution >= 4 is 22.9 Å². The summed E-state index contributed by atoms with van der Waals surface area (Å²) in [5.41, 5.74) is 7.45. The highest BCUT2D eigenvalue weighted by Crippen LogP contribution is 2.23. The Bertz CT molecular complexity index is 559. The lowest BCUT2D eigenvalue weighted by molar-refractivity contribution is 0.0936. The molecule has 0 aliphatic heterocycles. The van der Waals surface area contributed by atoms with Crippen LogP contribution in [0.25, 0.3) is 0 Å². The highest BCUT2D eigenvalue weighted by atomic mass is 32.1. The molecule has 2 aromatic heterocycles. The minimum Gasteiger partial charge on any atom is -0.395 e. The normalized spacial score (nSPS) is 12.6. The van der Waals surface area contributed by atoms with Crippen LogP contribution >= 0.6 is 11.3 Å². The van der Waals surface area contributed by atoms with E-state index in [1.807, 2.05) is 38.3 Å². The van der Waals surface area contributed by atoms with Gasteiger partial charge < -0.3 is 11.1 Å². The Morgan fingerprint density at radius 2 is 2.21 bits per heavy atom. The molecule has 6 heteroatoms. The van der Waals surface area contributed by atoms with Gasteiger partial charge in [-0.3, -0.25) is 9.89 Å². The van der Waals surface area contributed by atoms with Gasteiger partial charge in [0.05, 0.1) is 17.4 Å². The second-order valence-corrected chi connectivity index (χ2v) is 5.74. The van der Waals surface area contributed by atoms with Crippen molar-refractivity contribution in [3.05, 3.63) is 33.8 Å². The van der Waals surface area contributed by atoms with Gasteiger partial charge in [-0.25, -0.2) is 0 Å². The molecule has 0 aliphatic carbocycles. The molecular weight excluding hydrogens is 260 g/mol. The summed E-state index contributed by atoms with van der Waals surface area (Å²) >= 11 is 1.61. The number of nitrogen functional groups attached to an aromatic ring is 1. The number of hydrogen-bond acceptors (Lipinski definition) is 4. The minimum atomic E-state index is -0.249. The Balaban J connectivity index is 2.12. The van der Waals surface area contributed by atoms with Crippen LogP contribution in [0.2, 0.25) is 0 Å². The van der Waals surface area contributed by atoms with E-state index in [0.29, 0.717) is 5.69 Å². The highest BCUT2D eigenvalue weighted by molar-refractivity contribution is 7.10. The number of carbonyl (C=O) groups is 1. The number of amides is 1. The van der Waals surface area contributed by atoms with Crippen LogP contribution in [0.3, 0.4) is 0 Å². The van der Waals surface area contributed by atoms with Crippen LogP contribution in [0.15, 0.2) is 17.5 Å². The predicted octanol–water partition coefficient (Wildman–Crippen LogP) is 2.67. The summed E-state index contributed by atoms with van der Waals surface area (Å²) in [7, 11) is 0. The average Bonchev–Trinajstić information content (AvgIpc) is 2.96. The summed E-state index contributed by atoms with van der Waals surface area (Å²) in [5, 5.41) is 11.7. The Labute approximate surface area is 116 Å². The molecule has 0 aliphatic rings. The van der Waals surface area contributed by atoms with Crippen LogP contribution in [-0.4, -0.2) is 16.1 Å². The second-order valence-electron chi connectivity index (χ2n) is 4.76. The Morgan fingerprint density at radius 1 is 1.47 bits per heavy atom. The van der Waals surface area contributed by atoms with Gasteiger partial charge in [-0.15, -0.1) is 11.3 Å². The molecule has 0 aromatic carbocycles. The summed E-state index contributed by atoms with van der Waals surface area (Å²) in [6.45, 7) is 5.94. The van der Waals surface area contributed by atoms with Gasteiger partial charge in [0.1, 0.15) is 0 Å². The SMILES string of the molecule is CC(C)c1[nH]nc(C(=O)NC(C)c2cccs2)c1N. The molecule has 2 heterocycles. The van der Waals surface area contributed by atoms with E-state index in [1.54, 1.807) is 11.3 Å². The zero-order valence-electron chi connectivity index (χ0n) is 11.2. The number of rotatable bonds is 4. The van der Waals surface area contributed by atoms with Gasteiger partial charge >= 0.3 is 0 Å². The van der Waals surface area contributed by atoms with Crippen molar-refractivity contribution in [3.63, 3.8) is 0 Å². The first-order chi connectivity index (χ1) is 9.00. The third kappa shape index (κ3) is 2.78. The quantitative estimate of drug-likeness (QED) is 0.804. The van der Waals surface area contributed by atoms with Gasteiger partial charge in [-0.1, -0.05) is 19.9 Å². The fraction of sp³-hybridized carbons (Fsp3) is 0.385. The number of thiophene rings is 1. The van der Waals surface area contributed by atoms with Crippen molar-refractivity contribution < 1.29 is 4.79 Å². The van der Waals surface area contributed by atoms with Crippen LogP contribution in [0, 0.1) is 0 Å². The second kappa shape index (κ2) is 5.44. The number of nitrogens with one attached hydrogen (secondary N) is 2. The Kier molecular flexibility index (Phi) is 3.90. The van der Waals surface area contributed by atoms with Gasteiger partial charge in [0.15, 0.2) is 5.69 Å². The summed E-state index contributed by atoms with van der Waals surface area (Å²) in [6.07, 6.45) is 0. The standard InChI is InChI=1S/C13H18N4OS/c1-7(2)11-10(14)12(17-16-11)13(18)15-8(3)9-5-4-6-19-9/h4-8H,14H2,1-3H3,(H,15,18)(H,16,17). The molecule has 0 bridgehead atoms. The maximum absolute atomic E-state index is 12.1. The maximum Gasteiger partial charge on any atom is 0.274 e. The molecule has 4 N–H and O–H groups in total. The average molecular weight is 278 g/mol. The van der Waals surface area contributed by atoms with Gasteiger partial charge in [-0.05, 0) is 24.3 Å². The molecule has 1 atom stereocenters. The summed E-state index contributed by atoms with van der Waals surface area (Å²) in [6, 6.07) is 3.90. The van der Waals surface area contributed by atoms with E-state index >= 15 is 0 Å². The summed E-state index contributed by atoms with van der Waals surface area (Å²) in [4.78, 5) is 13.2. The largest absolute Gasteiger partial charge is 0.395 e. The van der Waals surface area contributed by atoms with E-state index in [9.17, 15) is 4.79 Å². The van der Waals surface area contributed by atoms with Gasteiger partial charge in [-0.2, -0.15) is 5.10 Å². The number of hydrogen-bond donors (Lipinski definition) is 3. The molecule has 0 saturated heterocycles. The van der Waals surface area contributed by atoms with Crippen LogP contribution in [0.5, 0.6) is 0 Å². The molecule has 1 unspecified atom stereocenters. The van der Waals surface area contributed by atoms with Crippen LogP contribution in [0.1, 0.15) is 53.8 Å². The first kappa shape index (κ1) is 13.6. The van der Waals surface area contributed by atoms with Crippen molar-refractivity contribution in [3.8, 4) is 0 Å². The lowest BCUT2D eigenvalue weighted by Gasteiger charge is -2.11. The molecule has 2 rings (SSSR count). The summed E-state index contributed by atoms with van der Waals surface area (Å²) in [5.74, 6) is -0.0367. The van der Waals surface area contributed by atoms with Crippen LogP contribution in [0.4, 0.5) is 5.69 Å². The molecule has 0 radical (unpaired) electrons. The smallest absolute Gasteiger partial charge is 0.274 e. The number of anilines is 1. The molecule has 2 aromatic rings. The molecule has 102 valence electrons. The third-order valence-corrected chi connectivity index (χ3v) is 4.00. The molecule has 0 fully saturated rings. The first-order valence-corrected chi connectivity index (χ1v) is 7.06. The van der Waals surface area contributed by atoms with Crippen LogP contribution < -0.4 is 11.1 Å². The lowest BCUT2D eigenvalue weighted by atomic mass is 10.1. The predicted molar refractivity (Wildman–Crippen MR) is 77.3 cm³/mol. The van der Waals surface area contributed by atoms with E-state index in [4.69, 9.17) is 5.73 Å². The Hall–Kier alpha value is -1.82. The fourth-order valence-electron chi connectivity index (χ4n) is 1.85. The number of carbonyl (C=O) groups excluding carboxylic acids is 1. The van der Waals surface area contributed by atoms with E-state index in [2.05, 4.69) is 15.5 Å². The van der Waals surface area contributed by atoms with Crippen molar-refractivity contribution in [2.24, 2.45) is 0 Å². The number of nitrogens with zero attached hydrogens (tertiary/aromatic N) is 1. The van der Waals surface area contributed by atoms with Crippen LogP contribution in [-0.2, 0) is 0 Å². The fourth-order valence-corrected chi connectivity index (χ4v) is 2.59. The monoisotopic (exact) mass is 278 g/mol. The molecule has 0 saturated carbocycles. The van der Waals surface area contributed by atoms with Crippen molar-refractivity contribution in [2.75, 3.05) is 5.73 Å². The molecule has 5 nitrogen and oxygen atoms in total. The minimum absolute atomic E-state index is 0.0499. The Morgan fingerprint density at radius 3 is 2.74 bits per heavy atom. The number of nitrogens with two attached hydrogens (primary N) is 1. The molecule has 0 spiro atoms. The zero-order valence-corrected chi connectivity index (χ0v) is 12.0. The van der Waals surface area contributed by atoms with Gasteiger partial charge in [0.25, 0.3) is 5.91 Å². The van der Waals surface area contributed by atoms with Crippen molar-refractivity contribution in [1.82, 2.24) is 15.5 Å². The maximum atomic E-state index is 12.1. The van der Waals surface area contributed by atoms with Crippen molar-refractivity contribution in [1.29, 1.82) is 0 Å². The third-order valence-electron chi connectivity index (χ3n) is 2.94. The molecular formula is C13H18N4OS. The zero-order chi connectivity index (χ0) is 14.0. The van der Waals surface area contributed by atoms with E-state index in [-0.39, 0.29) is 23.6 Å². The molecule has 19 heavy (non-hydrogen) atoms. The number of aromatic nitrogens is 2. The van der Waals surface area contributed by atoms with Gasteiger partial charge in [0, 0.05) is 4.88 Å². The molecule has 1 amide bonds. The number of aromatic amines is 1. The van der Waals surface area contributed by atoms with E-state index in [1.165, 1.54) is 0 Å². The highest BCUT2D eigenvalue weighted by Gasteiger charge is 2.20. The van der Waals surface area contributed by atoms with Gasteiger partial charge in [0.2, 0.25) is 0 Å². The van der Waals surface area contributed by atoms with E-state index in [0.717, 1.165) is 10.6 Å². The topological polar surface area (TPSA) is 83.8 Å².